The van der Waals surface area contributed by atoms with Crippen molar-refractivity contribution in [2.24, 2.45) is 0 Å². The van der Waals surface area contributed by atoms with E-state index in [4.69, 9.17) is 11.6 Å². The number of fused-ring (bicyclic) bond motifs is 1. The summed E-state index contributed by atoms with van der Waals surface area (Å²) in [7, 11) is 0. The van der Waals surface area contributed by atoms with Crippen LogP contribution in [0, 0.1) is 5.82 Å². The Morgan fingerprint density at radius 1 is 1.28 bits per heavy atom. The van der Waals surface area contributed by atoms with Crippen molar-refractivity contribution >= 4 is 34.4 Å². The molecule has 3 aromatic rings. The second kappa shape index (κ2) is 6.44. The number of anilines is 1. The van der Waals surface area contributed by atoms with E-state index in [0.29, 0.717) is 28.3 Å². The fourth-order valence-electron chi connectivity index (χ4n) is 3.28. The lowest BCUT2D eigenvalue weighted by Crippen LogP contribution is -2.12. The number of aromatic amines is 1. The van der Waals surface area contributed by atoms with E-state index in [-0.39, 0.29) is 10.9 Å². The highest BCUT2D eigenvalue weighted by atomic mass is 35.5. The normalized spacial score (nSPS) is 15.0. The maximum atomic E-state index is 13.3. The van der Waals surface area contributed by atoms with Crippen molar-refractivity contribution in [1.29, 1.82) is 0 Å². The smallest absolute Gasteiger partial charge is 0.257 e. The lowest BCUT2D eigenvalue weighted by molar-refractivity contribution is 0.102. The maximum absolute atomic E-state index is 13.3. The second-order valence-electron chi connectivity index (χ2n) is 6.24. The Morgan fingerprint density at radius 3 is 2.84 bits per heavy atom. The molecule has 0 bridgehead atoms. The number of rotatable bonds is 3. The molecule has 1 aliphatic rings. The fourth-order valence-corrected chi connectivity index (χ4v) is 3.46. The van der Waals surface area contributed by atoms with E-state index in [0.717, 1.165) is 18.7 Å². The Hall–Kier alpha value is -2.47. The first-order valence-corrected chi connectivity index (χ1v) is 8.60. The molecule has 0 aliphatic heterocycles. The van der Waals surface area contributed by atoms with Crippen molar-refractivity contribution in [3.05, 3.63) is 52.7 Å². The van der Waals surface area contributed by atoms with Crippen molar-refractivity contribution < 1.29 is 9.18 Å². The van der Waals surface area contributed by atoms with Gasteiger partial charge in [-0.05, 0) is 37.1 Å². The van der Waals surface area contributed by atoms with Gasteiger partial charge in [-0.3, -0.25) is 4.79 Å². The van der Waals surface area contributed by atoms with Crippen molar-refractivity contribution in [1.82, 2.24) is 15.0 Å². The Bertz CT molecular complexity index is 949. The van der Waals surface area contributed by atoms with Gasteiger partial charge in [0.05, 0.1) is 16.1 Å². The van der Waals surface area contributed by atoms with Gasteiger partial charge in [-0.2, -0.15) is 0 Å². The van der Waals surface area contributed by atoms with Crippen molar-refractivity contribution in [3.63, 3.8) is 0 Å². The van der Waals surface area contributed by atoms with E-state index in [1.54, 1.807) is 12.3 Å². The summed E-state index contributed by atoms with van der Waals surface area (Å²) in [6, 6.07) is 5.70. The molecular weight excluding hydrogens is 343 g/mol. The van der Waals surface area contributed by atoms with Crippen LogP contribution in [-0.2, 0) is 0 Å². The molecule has 0 radical (unpaired) electrons. The Labute approximate surface area is 148 Å². The molecule has 1 aliphatic carbocycles. The molecule has 4 rings (SSSR count). The summed E-state index contributed by atoms with van der Waals surface area (Å²) in [5.41, 5.74) is 2.03. The van der Waals surface area contributed by atoms with Crippen LogP contribution in [0.4, 0.5) is 10.1 Å². The zero-order chi connectivity index (χ0) is 17.4. The van der Waals surface area contributed by atoms with Gasteiger partial charge in [-0.1, -0.05) is 24.4 Å². The molecule has 0 atom stereocenters. The van der Waals surface area contributed by atoms with Gasteiger partial charge < -0.3 is 10.3 Å². The second-order valence-corrected chi connectivity index (χ2v) is 6.65. The van der Waals surface area contributed by atoms with Crippen LogP contribution in [0.3, 0.4) is 0 Å². The van der Waals surface area contributed by atoms with Crippen LogP contribution in [0.2, 0.25) is 5.02 Å². The van der Waals surface area contributed by atoms with Gasteiger partial charge in [0.15, 0.2) is 5.65 Å². The van der Waals surface area contributed by atoms with Crippen LogP contribution in [0.15, 0.2) is 30.5 Å². The molecule has 2 aromatic heterocycles. The number of hydrogen-bond acceptors (Lipinski definition) is 3. The summed E-state index contributed by atoms with van der Waals surface area (Å²) in [4.78, 5) is 24.7. The van der Waals surface area contributed by atoms with Crippen LogP contribution in [0.25, 0.3) is 11.2 Å². The third-order valence-electron chi connectivity index (χ3n) is 4.57. The third-order valence-corrected chi connectivity index (χ3v) is 4.86. The molecule has 0 spiro atoms. The van der Waals surface area contributed by atoms with E-state index in [1.807, 2.05) is 0 Å². The number of halogens is 2. The number of benzene rings is 1. The SMILES string of the molecule is O=C(Nc1ccc(F)c(Cl)c1)c1ccnc2nc(C3CCCC3)[nH]c12. The van der Waals surface area contributed by atoms with Gasteiger partial charge in [0.1, 0.15) is 11.6 Å². The summed E-state index contributed by atoms with van der Waals surface area (Å²) >= 11 is 5.76. The molecule has 0 unspecified atom stereocenters. The van der Waals surface area contributed by atoms with Gasteiger partial charge in [-0.25, -0.2) is 14.4 Å². The highest BCUT2D eigenvalue weighted by Crippen LogP contribution is 2.33. The van der Waals surface area contributed by atoms with Crippen LogP contribution in [0.5, 0.6) is 0 Å². The van der Waals surface area contributed by atoms with Crippen LogP contribution in [-0.4, -0.2) is 20.9 Å². The number of aromatic nitrogens is 3. The molecule has 1 aromatic carbocycles. The quantitative estimate of drug-likeness (QED) is 0.715. The number of nitrogens with zero attached hydrogens (tertiary/aromatic N) is 2. The number of hydrogen-bond donors (Lipinski definition) is 2. The van der Waals surface area contributed by atoms with Gasteiger partial charge in [-0.15, -0.1) is 0 Å². The highest BCUT2D eigenvalue weighted by Gasteiger charge is 2.22. The summed E-state index contributed by atoms with van der Waals surface area (Å²) < 4.78 is 13.3. The zero-order valence-corrected chi connectivity index (χ0v) is 14.1. The van der Waals surface area contributed by atoms with E-state index in [2.05, 4.69) is 20.3 Å². The van der Waals surface area contributed by atoms with Crippen molar-refractivity contribution in [2.75, 3.05) is 5.32 Å². The summed E-state index contributed by atoms with van der Waals surface area (Å²) in [6.45, 7) is 0. The molecular formula is C18H16ClFN4O. The maximum Gasteiger partial charge on any atom is 0.257 e. The third kappa shape index (κ3) is 3.09. The van der Waals surface area contributed by atoms with Gasteiger partial charge in [0.2, 0.25) is 0 Å². The van der Waals surface area contributed by atoms with E-state index in [9.17, 15) is 9.18 Å². The topological polar surface area (TPSA) is 70.7 Å². The Balaban J connectivity index is 1.65. The minimum absolute atomic E-state index is 0.0391. The van der Waals surface area contributed by atoms with Crippen LogP contribution in [0.1, 0.15) is 47.8 Å². The first-order chi connectivity index (χ1) is 12.1. The number of pyridine rings is 1. The van der Waals surface area contributed by atoms with Gasteiger partial charge in [0.25, 0.3) is 5.91 Å². The van der Waals surface area contributed by atoms with E-state index in [1.165, 1.54) is 31.0 Å². The van der Waals surface area contributed by atoms with Crippen LogP contribution < -0.4 is 5.32 Å². The molecule has 5 nitrogen and oxygen atoms in total. The Kier molecular flexibility index (Phi) is 4.13. The number of imidazole rings is 1. The standard InChI is InChI=1S/C18H16ClFN4O/c19-13-9-11(5-6-14(13)20)22-18(25)12-7-8-21-17-15(12)23-16(24-17)10-3-1-2-4-10/h5-10H,1-4H2,(H,22,25)(H,21,23,24). The van der Waals surface area contributed by atoms with Crippen molar-refractivity contribution in [3.8, 4) is 0 Å². The van der Waals surface area contributed by atoms with Gasteiger partial charge in [0, 0.05) is 17.8 Å². The number of nitrogens with one attached hydrogen (secondary N) is 2. The Morgan fingerprint density at radius 2 is 2.08 bits per heavy atom. The molecule has 7 heteroatoms. The monoisotopic (exact) mass is 358 g/mol. The average molecular weight is 359 g/mol. The highest BCUT2D eigenvalue weighted by molar-refractivity contribution is 6.31. The predicted molar refractivity (Wildman–Crippen MR) is 94.5 cm³/mol. The molecule has 2 heterocycles. The molecule has 128 valence electrons. The van der Waals surface area contributed by atoms with Gasteiger partial charge >= 0.3 is 0 Å². The molecule has 1 fully saturated rings. The lowest BCUT2D eigenvalue weighted by Gasteiger charge is -2.07. The minimum Gasteiger partial charge on any atom is -0.340 e. The number of H-pyrrole nitrogens is 1. The first kappa shape index (κ1) is 16.0. The minimum atomic E-state index is -0.527. The van der Waals surface area contributed by atoms with Crippen molar-refractivity contribution in [2.45, 2.75) is 31.6 Å². The fraction of sp³-hybridized carbons (Fsp3) is 0.278. The van der Waals surface area contributed by atoms with Crippen LogP contribution >= 0.6 is 11.6 Å². The lowest BCUT2D eigenvalue weighted by atomic mass is 10.1. The molecule has 2 N–H and O–H groups in total. The largest absolute Gasteiger partial charge is 0.340 e. The first-order valence-electron chi connectivity index (χ1n) is 8.23. The number of carbonyl (C=O) groups is 1. The molecule has 25 heavy (non-hydrogen) atoms. The average Bonchev–Trinajstić information content (AvgIpc) is 3.26. The molecule has 1 amide bonds. The molecule has 0 saturated heterocycles. The van der Waals surface area contributed by atoms with E-state index >= 15 is 0 Å². The number of amides is 1. The summed E-state index contributed by atoms with van der Waals surface area (Å²) in [6.07, 6.45) is 6.18. The molecule has 1 saturated carbocycles. The zero-order valence-electron chi connectivity index (χ0n) is 13.4. The summed E-state index contributed by atoms with van der Waals surface area (Å²) in [5, 5.41) is 2.69. The van der Waals surface area contributed by atoms with E-state index < -0.39 is 5.82 Å². The summed E-state index contributed by atoms with van der Waals surface area (Å²) in [5.74, 6) is 0.448. The number of carbonyl (C=O) groups excluding carboxylic acids is 1. The predicted octanol–water partition coefficient (Wildman–Crippen LogP) is 4.66.